The lowest BCUT2D eigenvalue weighted by Crippen LogP contribution is -2.37. The van der Waals surface area contributed by atoms with Gasteiger partial charge in [0.15, 0.2) is 0 Å². The van der Waals surface area contributed by atoms with Crippen molar-refractivity contribution in [3.63, 3.8) is 0 Å². The van der Waals surface area contributed by atoms with E-state index in [1.165, 1.54) is 51.4 Å². The van der Waals surface area contributed by atoms with Crippen LogP contribution in [0.15, 0.2) is 30.5 Å². The number of hydrogen-bond donors (Lipinski definition) is 2. The number of rotatable bonds is 6. The normalized spacial score (nSPS) is 27.0. The highest BCUT2D eigenvalue weighted by Gasteiger charge is 2.22. The van der Waals surface area contributed by atoms with Crippen LogP contribution in [0.1, 0.15) is 88.4 Å². The van der Waals surface area contributed by atoms with Crippen molar-refractivity contribution in [2.75, 3.05) is 5.32 Å². The minimum Gasteiger partial charge on any atom is -0.367 e. The third kappa shape index (κ3) is 5.33. The van der Waals surface area contributed by atoms with Crippen molar-refractivity contribution in [2.24, 2.45) is 11.8 Å². The van der Waals surface area contributed by atoms with Crippen molar-refractivity contribution in [3.8, 4) is 0 Å². The van der Waals surface area contributed by atoms with E-state index in [0.29, 0.717) is 18.0 Å². The highest BCUT2D eigenvalue weighted by molar-refractivity contribution is 5.99. The fourth-order valence-corrected chi connectivity index (χ4v) is 5.41. The third-order valence-electron chi connectivity index (χ3n) is 7.15. The molecule has 1 heterocycles. The van der Waals surface area contributed by atoms with Crippen molar-refractivity contribution < 1.29 is 4.79 Å². The molecule has 0 radical (unpaired) electrons. The van der Waals surface area contributed by atoms with E-state index >= 15 is 0 Å². The lowest BCUT2D eigenvalue weighted by atomic mass is 9.83. The number of nitrogens with one attached hydrogen (secondary N) is 2. The molecule has 2 atom stereocenters. The second kappa shape index (κ2) is 9.80. The molecule has 4 nitrogen and oxygen atoms in total. The summed E-state index contributed by atoms with van der Waals surface area (Å²) in [5, 5.41) is 9.06. The van der Waals surface area contributed by atoms with Crippen LogP contribution in [0.5, 0.6) is 0 Å². The highest BCUT2D eigenvalue weighted by Crippen LogP contribution is 2.30. The van der Waals surface area contributed by atoms with Gasteiger partial charge in [0.1, 0.15) is 5.82 Å². The Morgan fingerprint density at radius 3 is 2.63 bits per heavy atom. The molecule has 30 heavy (non-hydrogen) atoms. The lowest BCUT2D eigenvalue weighted by Gasteiger charge is -2.29. The molecule has 1 amide bonds. The van der Waals surface area contributed by atoms with Crippen molar-refractivity contribution in [2.45, 2.75) is 90.1 Å². The van der Waals surface area contributed by atoms with Crippen molar-refractivity contribution in [3.05, 3.63) is 36.0 Å². The van der Waals surface area contributed by atoms with Gasteiger partial charge in [0, 0.05) is 29.2 Å². The summed E-state index contributed by atoms with van der Waals surface area (Å²) in [6, 6.07) is 8.89. The average Bonchev–Trinajstić information content (AvgIpc) is 2.75. The summed E-state index contributed by atoms with van der Waals surface area (Å²) in [5.74, 6) is 2.60. The maximum absolute atomic E-state index is 12.8. The van der Waals surface area contributed by atoms with Gasteiger partial charge in [0.2, 0.25) is 0 Å². The van der Waals surface area contributed by atoms with E-state index in [2.05, 4.69) is 35.5 Å². The smallest absolute Gasteiger partial charge is 0.251 e. The fraction of sp³-hybridized carbons (Fsp3) is 0.615. The minimum atomic E-state index is 0.0524. The maximum Gasteiger partial charge on any atom is 0.251 e. The van der Waals surface area contributed by atoms with Crippen molar-refractivity contribution in [1.82, 2.24) is 10.3 Å². The van der Waals surface area contributed by atoms with E-state index in [0.717, 1.165) is 40.9 Å². The monoisotopic (exact) mass is 407 g/mol. The Bertz CT molecular complexity index is 856. The van der Waals surface area contributed by atoms with E-state index in [4.69, 9.17) is 0 Å². The highest BCUT2D eigenvalue weighted by atomic mass is 16.1. The molecule has 4 rings (SSSR count). The van der Waals surface area contributed by atoms with Crippen LogP contribution in [0, 0.1) is 11.8 Å². The Morgan fingerprint density at radius 1 is 1.03 bits per heavy atom. The SMILES string of the molecule is CCCC1CCC(Nc2cc3cc(C(=O)NC4CCCC(C)C4)ccc3cn2)CC1. The summed E-state index contributed by atoms with van der Waals surface area (Å²) in [6.07, 6.45) is 14.4. The molecule has 1 aromatic heterocycles. The first-order valence-corrected chi connectivity index (χ1v) is 12.1. The Morgan fingerprint density at radius 2 is 1.87 bits per heavy atom. The van der Waals surface area contributed by atoms with E-state index in [-0.39, 0.29) is 5.91 Å². The van der Waals surface area contributed by atoms with Crippen LogP contribution >= 0.6 is 0 Å². The Balaban J connectivity index is 1.40. The van der Waals surface area contributed by atoms with Crippen LogP contribution in [0.3, 0.4) is 0 Å². The first-order chi connectivity index (χ1) is 14.6. The molecular formula is C26H37N3O. The van der Waals surface area contributed by atoms with Crippen molar-refractivity contribution >= 4 is 22.5 Å². The molecule has 2 aliphatic carbocycles. The topological polar surface area (TPSA) is 54.0 Å². The molecule has 0 bridgehead atoms. The summed E-state index contributed by atoms with van der Waals surface area (Å²) in [5.41, 5.74) is 0.748. The van der Waals surface area contributed by atoms with Crippen molar-refractivity contribution in [1.29, 1.82) is 0 Å². The number of carbonyl (C=O) groups excluding carboxylic acids is 1. The molecule has 2 N–H and O–H groups in total. The summed E-state index contributed by atoms with van der Waals surface area (Å²) in [6.45, 7) is 4.57. The van der Waals surface area contributed by atoms with Crippen LogP contribution in [-0.2, 0) is 0 Å². The van der Waals surface area contributed by atoms with Crippen LogP contribution < -0.4 is 10.6 Å². The first kappa shape index (κ1) is 21.1. The number of fused-ring (bicyclic) bond motifs is 1. The van der Waals surface area contributed by atoms with Gasteiger partial charge in [-0.1, -0.05) is 45.6 Å². The number of amides is 1. The zero-order valence-corrected chi connectivity index (χ0v) is 18.6. The van der Waals surface area contributed by atoms with Gasteiger partial charge in [-0.05, 0) is 73.9 Å². The Kier molecular flexibility index (Phi) is 6.91. The van der Waals surface area contributed by atoms with Crippen LogP contribution in [0.4, 0.5) is 5.82 Å². The molecular weight excluding hydrogens is 370 g/mol. The molecule has 0 saturated heterocycles. The molecule has 162 valence electrons. The number of aromatic nitrogens is 1. The molecule has 2 unspecified atom stereocenters. The molecule has 2 saturated carbocycles. The Hall–Kier alpha value is -2.10. The van der Waals surface area contributed by atoms with Gasteiger partial charge in [0.05, 0.1) is 0 Å². The van der Waals surface area contributed by atoms with E-state index in [1.54, 1.807) is 0 Å². The maximum atomic E-state index is 12.8. The number of benzene rings is 1. The van der Waals surface area contributed by atoms with E-state index in [9.17, 15) is 4.79 Å². The van der Waals surface area contributed by atoms with Gasteiger partial charge in [-0.3, -0.25) is 4.79 Å². The average molecular weight is 408 g/mol. The van der Waals surface area contributed by atoms with E-state index < -0.39 is 0 Å². The summed E-state index contributed by atoms with van der Waals surface area (Å²) in [4.78, 5) is 17.4. The van der Waals surface area contributed by atoms with E-state index in [1.807, 2.05) is 24.4 Å². The molecule has 2 aliphatic rings. The predicted octanol–water partition coefficient (Wildman–Crippen LogP) is 6.31. The van der Waals surface area contributed by atoms with Gasteiger partial charge in [-0.15, -0.1) is 0 Å². The number of carbonyl (C=O) groups is 1. The van der Waals surface area contributed by atoms with Crippen LogP contribution in [0.2, 0.25) is 0 Å². The molecule has 2 aromatic rings. The standard InChI is InChI=1S/C26H37N3O/c1-3-5-19-8-12-23(13-9-19)28-25-16-22-15-20(10-11-21(22)17-27-25)26(30)29-24-7-4-6-18(2)14-24/h10-11,15-19,23-24H,3-9,12-14H2,1-2H3,(H,27,28)(H,29,30). The van der Waals surface area contributed by atoms with Gasteiger partial charge >= 0.3 is 0 Å². The zero-order valence-electron chi connectivity index (χ0n) is 18.6. The van der Waals surface area contributed by atoms with Crippen LogP contribution in [-0.4, -0.2) is 23.0 Å². The summed E-state index contributed by atoms with van der Waals surface area (Å²) >= 11 is 0. The minimum absolute atomic E-state index is 0.0524. The second-order valence-electron chi connectivity index (χ2n) is 9.72. The lowest BCUT2D eigenvalue weighted by molar-refractivity contribution is 0.0921. The number of anilines is 1. The predicted molar refractivity (Wildman–Crippen MR) is 125 cm³/mol. The number of nitrogens with zero attached hydrogens (tertiary/aromatic N) is 1. The summed E-state index contributed by atoms with van der Waals surface area (Å²) < 4.78 is 0. The zero-order chi connectivity index (χ0) is 20.9. The molecule has 1 aromatic carbocycles. The van der Waals surface area contributed by atoms with Crippen LogP contribution in [0.25, 0.3) is 10.8 Å². The number of pyridine rings is 1. The second-order valence-corrected chi connectivity index (χ2v) is 9.72. The first-order valence-electron chi connectivity index (χ1n) is 12.1. The van der Waals surface area contributed by atoms with Gasteiger partial charge < -0.3 is 10.6 Å². The molecule has 0 aliphatic heterocycles. The Labute approximate surface area is 181 Å². The largest absolute Gasteiger partial charge is 0.367 e. The third-order valence-corrected chi connectivity index (χ3v) is 7.15. The quantitative estimate of drug-likeness (QED) is 0.589. The fourth-order valence-electron chi connectivity index (χ4n) is 5.41. The summed E-state index contributed by atoms with van der Waals surface area (Å²) in [7, 11) is 0. The van der Waals surface area contributed by atoms with Gasteiger partial charge in [0.25, 0.3) is 5.91 Å². The molecule has 2 fully saturated rings. The van der Waals surface area contributed by atoms with Gasteiger partial charge in [-0.25, -0.2) is 4.98 Å². The molecule has 4 heteroatoms. The molecule has 0 spiro atoms. The number of hydrogen-bond acceptors (Lipinski definition) is 3. The van der Waals surface area contributed by atoms with Gasteiger partial charge in [-0.2, -0.15) is 0 Å².